The van der Waals surface area contributed by atoms with Crippen LogP contribution in [0.15, 0.2) is 66.7 Å². The van der Waals surface area contributed by atoms with Crippen molar-refractivity contribution >= 4 is 30.0 Å². The highest BCUT2D eigenvalue weighted by molar-refractivity contribution is 7.55. The van der Waals surface area contributed by atoms with Crippen molar-refractivity contribution in [3.63, 3.8) is 0 Å². The fourth-order valence-corrected chi connectivity index (χ4v) is 5.26. The Morgan fingerprint density at radius 2 is 1.37 bits per heavy atom. The first-order valence-electron chi connectivity index (χ1n) is 10.6. The number of rotatable bonds is 5. The van der Waals surface area contributed by atoms with E-state index < -0.39 is 41.1 Å². The Bertz CT molecular complexity index is 1540. The lowest BCUT2D eigenvalue weighted by Crippen LogP contribution is -2.12. The van der Waals surface area contributed by atoms with E-state index in [-0.39, 0.29) is 14.3 Å². The van der Waals surface area contributed by atoms with E-state index in [0.29, 0.717) is 11.3 Å². The van der Waals surface area contributed by atoms with Crippen LogP contribution in [0.2, 0.25) is 0 Å². The second kappa shape index (κ2) is 9.19. The second-order valence-electron chi connectivity index (χ2n) is 7.93. The molecule has 0 saturated heterocycles. The largest absolute Gasteiger partial charge is 0.251 e. The van der Waals surface area contributed by atoms with Crippen LogP contribution < -0.4 is 10.6 Å². The van der Waals surface area contributed by atoms with Gasteiger partial charge in [0.25, 0.3) is 0 Å². The number of aryl methyl sites for hydroxylation is 1. The van der Waals surface area contributed by atoms with Gasteiger partial charge in [0.15, 0.2) is 23.3 Å². The molecule has 5 rings (SSSR count). The predicted octanol–water partition coefficient (Wildman–Crippen LogP) is 5.55. The van der Waals surface area contributed by atoms with Crippen molar-refractivity contribution in [3.05, 3.63) is 107 Å². The Morgan fingerprint density at radius 1 is 0.743 bits per heavy atom. The minimum atomic E-state index is -2.19. The van der Waals surface area contributed by atoms with Gasteiger partial charge in [-0.1, -0.05) is 80.5 Å². The molecule has 1 unspecified atom stereocenters. The predicted molar refractivity (Wildman–Crippen MR) is 127 cm³/mol. The molecule has 0 aliphatic carbocycles. The van der Waals surface area contributed by atoms with Crippen molar-refractivity contribution < 1.29 is 22.0 Å². The average Bonchev–Trinajstić information content (AvgIpc) is 3.24. The van der Waals surface area contributed by atoms with Crippen LogP contribution in [0.3, 0.4) is 0 Å². The van der Waals surface area contributed by atoms with Gasteiger partial charge in [-0.15, -0.1) is 5.10 Å². The number of hydrogen-bond donors (Lipinski definition) is 0. The molecule has 0 amide bonds. The zero-order valence-corrected chi connectivity index (χ0v) is 19.3. The summed E-state index contributed by atoms with van der Waals surface area (Å²) in [5.41, 5.74) is 0.327. The Morgan fingerprint density at radius 3 is 2.09 bits per heavy atom. The van der Waals surface area contributed by atoms with Crippen molar-refractivity contribution in [2.75, 3.05) is 0 Å². The van der Waals surface area contributed by atoms with E-state index in [9.17, 15) is 22.0 Å². The van der Waals surface area contributed by atoms with Gasteiger partial charge in [-0.05, 0) is 21.4 Å². The van der Waals surface area contributed by atoms with Gasteiger partial charge in [0.1, 0.15) is 5.69 Å². The summed E-state index contributed by atoms with van der Waals surface area (Å²) >= 11 is 0. The van der Waals surface area contributed by atoms with Crippen LogP contribution in [0.25, 0.3) is 22.0 Å². The van der Waals surface area contributed by atoms with Crippen LogP contribution in [0.1, 0.15) is 11.3 Å². The quantitative estimate of drug-likeness (QED) is 0.138. The molecule has 1 aromatic heterocycles. The van der Waals surface area contributed by atoms with Crippen LogP contribution >= 0.6 is 8.58 Å². The van der Waals surface area contributed by atoms with E-state index >= 15 is 0 Å². The highest BCUT2D eigenvalue weighted by atomic mass is 31.1. The zero-order valence-electron chi connectivity index (χ0n) is 18.3. The summed E-state index contributed by atoms with van der Waals surface area (Å²) < 4.78 is 71.6. The molecule has 0 aliphatic heterocycles. The highest BCUT2D eigenvalue weighted by Crippen LogP contribution is 2.34. The molecular formula is C26H17F5N3P. The molecule has 0 aliphatic rings. The van der Waals surface area contributed by atoms with E-state index in [1.807, 2.05) is 66.7 Å². The minimum absolute atomic E-state index is 0.226. The summed E-state index contributed by atoms with van der Waals surface area (Å²) in [4.78, 5) is 0. The lowest BCUT2D eigenvalue weighted by atomic mass is 9.98. The van der Waals surface area contributed by atoms with Crippen molar-refractivity contribution in [3.8, 4) is 11.3 Å². The lowest BCUT2D eigenvalue weighted by Gasteiger charge is -2.14. The number of fused-ring (bicyclic) bond motifs is 1. The number of benzene rings is 4. The molecule has 35 heavy (non-hydrogen) atoms. The summed E-state index contributed by atoms with van der Waals surface area (Å²) in [5, 5.41) is 12.0. The van der Waals surface area contributed by atoms with Crippen LogP contribution in [0.5, 0.6) is 0 Å². The standard InChI is InChI=1S/C26H17F5N3P/c1-34-18(13-17-21(27)23(29)25(31)24(30)22(17)28)26(32-33-34)20-16-10-6-5-7-14(16)11-12-19(20)35-15-8-3-2-4-9-15/h2-12,35H,13H2,1H3. The monoisotopic (exact) mass is 497 g/mol. The van der Waals surface area contributed by atoms with E-state index in [2.05, 4.69) is 10.3 Å². The van der Waals surface area contributed by atoms with Crippen LogP contribution in [0, 0.1) is 29.1 Å². The topological polar surface area (TPSA) is 30.7 Å². The maximum atomic E-state index is 14.5. The molecule has 1 heterocycles. The summed E-state index contributed by atoms with van der Waals surface area (Å²) in [6.07, 6.45) is -0.582. The summed E-state index contributed by atoms with van der Waals surface area (Å²) in [6.45, 7) is 0. The van der Waals surface area contributed by atoms with E-state index in [1.54, 1.807) is 0 Å². The van der Waals surface area contributed by atoms with Crippen molar-refractivity contribution in [2.24, 2.45) is 7.05 Å². The molecule has 0 spiro atoms. The van der Waals surface area contributed by atoms with Crippen molar-refractivity contribution in [1.82, 2.24) is 15.0 Å². The van der Waals surface area contributed by atoms with E-state index in [4.69, 9.17) is 0 Å². The van der Waals surface area contributed by atoms with Crippen LogP contribution in [0.4, 0.5) is 22.0 Å². The fraction of sp³-hybridized carbons (Fsp3) is 0.0769. The number of nitrogens with zero attached hydrogens (tertiary/aromatic N) is 3. The molecule has 1 atom stereocenters. The molecule has 0 bridgehead atoms. The molecule has 9 heteroatoms. The molecule has 4 aromatic carbocycles. The first-order valence-corrected chi connectivity index (χ1v) is 11.6. The number of hydrogen-bond acceptors (Lipinski definition) is 2. The zero-order chi connectivity index (χ0) is 24.7. The maximum Gasteiger partial charge on any atom is 0.200 e. The summed E-state index contributed by atoms with van der Waals surface area (Å²) in [6, 6.07) is 21.3. The fourth-order valence-electron chi connectivity index (χ4n) is 4.05. The van der Waals surface area contributed by atoms with Gasteiger partial charge in [-0.2, -0.15) is 0 Å². The maximum absolute atomic E-state index is 14.5. The smallest absolute Gasteiger partial charge is 0.200 e. The third-order valence-electron chi connectivity index (χ3n) is 5.81. The van der Waals surface area contributed by atoms with Gasteiger partial charge in [0.2, 0.25) is 5.82 Å². The van der Waals surface area contributed by atoms with Gasteiger partial charge in [0.05, 0.1) is 5.69 Å². The molecule has 0 radical (unpaired) electrons. The van der Waals surface area contributed by atoms with Gasteiger partial charge in [0, 0.05) is 24.6 Å². The first-order chi connectivity index (χ1) is 16.9. The summed E-state index contributed by atoms with van der Waals surface area (Å²) in [5.74, 6) is -9.87. The first kappa shape index (κ1) is 23.1. The third kappa shape index (κ3) is 4.08. The lowest BCUT2D eigenvalue weighted by molar-refractivity contribution is 0.371. The second-order valence-corrected chi connectivity index (χ2v) is 9.30. The molecule has 0 fully saturated rings. The number of aromatic nitrogens is 3. The summed E-state index contributed by atoms with van der Waals surface area (Å²) in [7, 11) is 1.75. The van der Waals surface area contributed by atoms with Crippen molar-refractivity contribution in [2.45, 2.75) is 6.42 Å². The molecule has 176 valence electrons. The van der Waals surface area contributed by atoms with E-state index in [1.165, 1.54) is 11.7 Å². The molecule has 3 nitrogen and oxygen atoms in total. The number of halogens is 5. The van der Waals surface area contributed by atoms with Gasteiger partial charge < -0.3 is 0 Å². The Hall–Kier alpha value is -3.64. The van der Waals surface area contributed by atoms with Gasteiger partial charge >= 0.3 is 0 Å². The third-order valence-corrected chi connectivity index (χ3v) is 7.11. The molecule has 0 N–H and O–H groups in total. The minimum Gasteiger partial charge on any atom is -0.251 e. The average molecular weight is 497 g/mol. The SMILES string of the molecule is Cn1nnc(-c2c(Pc3ccccc3)ccc3ccccc23)c1Cc1c(F)c(F)c(F)c(F)c1F. The molecule has 5 aromatic rings. The Labute approximate surface area is 199 Å². The molecular weight excluding hydrogens is 480 g/mol. The highest BCUT2D eigenvalue weighted by Gasteiger charge is 2.28. The van der Waals surface area contributed by atoms with Gasteiger partial charge in [-0.25, -0.2) is 22.0 Å². The van der Waals surface area contributed by atoms with Crippen LogP contribution in [-0.4, -0.2) is 15.0 Å². The van der Waals surface area contributed by atoms with Crippen molar-refractivity contribution in [1.29, 1.82) is 0 Å². The normalized spacial score (nSPS) is 11.7. The Kier molecular flexibility index (Phi) is 6.07. The molecule has 0 saturated carbocycles. The van der Waals surface area contributed by atoms with Crippen LogP contribution in [-0.2, 0) is 13.5 Å². The van der Waals surface area contributed by atoms with E-state index in [0.717, 1.165) is 21.4 Å². The van der Waals surface area contributed by atoms with Gasteiger partial charge in [-0.3, -0.25) is 4.68 Å². The Balaban J connectivity index is 1.71.